The summed E-state index contributed by atoms with van der Waals surface area (Å²) in [4.78, 5) is 38.1. The monoisotopic (exact) mass is 279 g/mol. The Morgan fingerprint density at radius 2 is 2.15 bits per heavy atom. The number of nitrogens with zero attached hydrogens (tertiary/aromatic N) is 2. The molecule has 0 radical (unpaired) electrons. The number of nitrogens with one attached hydrogen (secondary N) is 1. The summed E-state index contributed by atoms with van der Waals surface area (Å²) in [6.45, 7) is 3.74. The smallest absolute Gasteiger partial charge is 0.348 e. The Morgan fingerprint density at radius 1 is 1.45 bits per heavy atom. The molecule has 1 aliphatic rings. The van der Waals surface area contributed by atoms with Gasteiger partial charge in [-0.15, -0.1) is 0 Å². The standard InChI is InChI=1S/C13H17N3O4/c1-7-10(5-12(18)19)8(2)16(13(20)15-7)9-3-4-11(17)14-6-9/h9H,3-6H2,1-2H3,(H,14,17)(H,18,19). The van der Waals surface area contributed by atoms with Crippen LogP contribution in [-0.4, -0.2) is 33.1 Å². The predicted octanol–water partition coefficient (Wildman–Crippen LogP) is -0.0617. The van der Waals surface area contributed by atoms with Gasteiger partial charge in [0, 0.05) is 29.9 Å². The van der Waals surface area contributed by atoms with Gasteiger partial charge in [-0.25, -0.2) is 4.79 Å². The summed E-state index contributed by atoms with van der Waals surface area (Å²) in [5.74, 6) is -0.988. The highest BCUT2D eigenvalue weighted by Gasteiger charge is 2.24. The van der Waals surface area contributed by atoms with Crippen molar-refractivity contribution in [2.75, 3.05) is 6.54 Å². The van der Waals surface area contributed by atoms with E-state index in [2.05, 4.69) is 10.3 Å². The van der Waals surface area contributed by atoms with E-state index >= 15 is 0 Å². The second-order valence-corrected chi connectivity index (χ2v) is 4.98. The molecule has 1 amide bonds. The lowest BCUT2D eigenvalue weighted by Gasteiger charge is -2.27. The highest BCUT2D eigenvalue weighted by Crippen LogP contribution is 2.20. The number of rotatable bonds is 3. The number of carboxylic acid groups (broad SMARTS) is 1. The molecule has 1 aromatic rings. The molecule has 2 heterocycles. The summed E-state index contributed by atoms with van der Waals surface area (Å²) in [7, 11) is 0. The highest BCUT2D eigenvalue weighted by atomic mass is 16.4. The molecule has 1 atom stereocenters. The Labute approximate surface area is 115 Å². The van der Waals surface area contributed by atoms with E-state index in [0.29, 0.717) is 36.3 Å². The van der Waals surface area contributed by atoms with Gasteiger partial charge < -0.3 is 10.4 Å². The largest absolute Gasteiger partial charge is 0.481 e. The molecule has 1 aromatic heterocycles. The van der Waals surface area contributed by atoms with Crippen LogP contribution in [0.4, 0.5) is 0 Å². The molecule has 0 aliphatic carbocycles. The van der Waals surface area contributed by atoms with Gasteiger partial charge in [-0.1, -0.05) is 0 Å². The van der Waals surface area contributed by atoms with Crippen molar-refractivity contribution in [1.29, 1.82) is 0 Å². The van der Waals surface area contributed by atoms with E-state index in [9.17, 15) is 14.4 Å². The molecule has 1 aliphatic heterocycles. The van der Waals surface area contributed by atoms with Crippen LogP contribution in [0.5, 0.6) is 0 Å². The number of aryl methyl sites for hydroxylation is 1. The lowest BCUT2D eigenvalue weighted by atomic mass is 10.0. The van der Waals surface area contributed by atoms with Crippen LogP contribution in [-0.2, 0) is 16.0 Å². The van der Waals surface area contributed by atoms with Gasteiger partial charge in [0.05, 0.1) is 12.5 Å². The molecule has 0 spiro atoms. The zero-order chi connectivity index (χ0) is 14.9. The number of piperidine rings is 1. The van der Waals surface area contributed by atoms with Crippen molar-refractivity contribution in [2.24, 2.45) is 0 Å². The highest BCUT2D eigenvalue weighted by molar-refractivity contribution is 5.76. The van der Waals surface area contributed by atoms with Crippen molar-refractivity contribution >= 4 is 11.9 Å². The van der Waals surface area contributed by atoms with E-state index in [0.717, 1.165) is 0 Å². The fourth-order valence-electron chi connectivity index (χ4n) is 2.59. The minimum absolute atomic E-state index is 0.0298. The fourth-order valence-corrected chi connectivity index (χ4v) is 2.59. The van der Waals surface area contributed by atoms with Crippen molar-refractivity contribution in [3.8, 4) is 0 Å². The lowest BCUT2D eigenvalue weighted by Crippen LogP contribution is -2.41. The van der Waals surface area contributed by atoms with Crippen LogP contribution < -0.4 is 11.0 Å². The van der Waals surface area contributed by atoms with E-state index in [1.165, 1.54) is 4.57 Å². The number of aliphatic carboxylic acids is 1. The van der Waals surface area contributed by atoms with E-state index < -0.39 is 11.7 Å². The fraction of sp³-hybridized carbons (Fsp3) is 0.538. The summed E-state index contributed by atoms with van der Waals surface area (Å²) in [6.07, 6.45) is 0.756. The number of hydrogen-bond donors (Lipinski definition) is 2. The van der Waals surface area contributed by atoms with Gasteiger partial charge in [0.2, 0.25) is 5.91 Å². The number of hydrogen-bond acceptors (Lipinski definition) is 4. The SMILES string of the molecule is Cc1nc(=O)n(C2CCC(=O)NC2)c(C)c1CC(=O)O. The van der Waals surface area contributed by atoms with E-state index in [-0.39, 0.29) is 18.4 Å². The zero-order valence-electron chi connectivity index (χ0n) is 11.5. The van der Waals surface area contributed by atoms with Crippen LogP contribution in [0.3, 0.4) is 0 Å². The first-order valence-corrected chi connectivity index (χ1v) is 6.47. The van der Waals surface area contributed by atoms with Crippen molar-refractivity contribution < 1.29 is 14.7 Å². The van der Waals surface area contributed by atoms with Crippen LogP contribution >= 0.6 is 0 Å². The van der Waals surface area contributed by atoms with Gasteiger partial charge in [-0.3, -0.25) is 14.2 Å². The van der Waals surface area contributed by atoms with Gasteiger partial charge >= 0.3 is 11.7 Å². The number of carboxylic acids is 1. The minimum atomic E-state index is -0.958. The Hall–Kier alpha value is -2.18. The second-order valence-electron chi connectivity index (χ2n) is 4.98. The Balaban J connectivity index is 2.44. The molecular formula is C13H17N3O4. The molecule has 7 heteroatoms. The topological polar surface area (TPSA) is 101 Å². The van der Waals surface area contributed by atoms with Crippen molar-refractivity contribution in [3.05, 3.63) is 27.4 Å². The summed E-state index contributed by atoms with van der Waals surface area (Å²) < 4.78 is 1.50. The van der Waals surface area contributed by atoms with E-state index in [1.807, 2.05) is 0 Å². The zero-order valence-corrected chi connectivity index (χ0v) is 11.5. The molecule has 0 aromatic carbocycles. The minimum Gasteiger partial charge on any atom is -0.481 e. The predicted molar refractivity (Wildman–Crippen MR) is 70.6 cm³/mol. The van der Waals surface area contributed by atoms with Crippen LogP contribution in [0.25, 0.3) is 0 Å². The Kier molecular flexibility index (Phi) is 3.87. The van der Waals surface area contributed by atoms with Crippen LogP contribution in [0.2, 0.25) is 0 Å². The lowest BCUT2D eigenvalue weighted by molar-refractivity contribution is -0.136. The molecule has 2 N–H and O–H groups in total. The van der Waals surface area contributed by atoms with Crippen molar-refractivity contribution in [3.63, 3.8) is 0 Å². The number of carbonyl (C=O) groups excluding carboxylic acids is 1. The summed E-state index contributed by atoms with van der Waals surface area (Å²) in [5, 5.41) is 11.7. The normalized spacial score (nSPS) is 18.7. The van der Waals surface area contributed by atoms with Gasteiger partial charge in [-0.05, 0) is 20.3 Å². The average molecular weight is 279 g/mol. The molecule has 2 rings (SSSR count). The molecule has 1 unspecified atom stereocenters. The molecule has 108 valence electrons. The van der Waals surface area contributed by atoms with E-state index in [4.69, 9.17) is 5.11 Å². The number of carbonyl (C=O) groups is 2. The first-order chi connectivity index (χ1) is 9.40. The summed E-state index contributed by atoms with van der Waals surface area (Å²) >= 11 is 0. The van der Waals surface area contributed by atoms with E-state index in [1.54, 1.807) is 13.8 Å². The third-order valence-corrected chi connectivity index (χ3v) is 3.64. The Morgan fingerprint density at radius 3 is 2.70 bits per heavy atom. The quantitative estimate of drug-likeness (QED) is 0.807. The Bertz CT molecular complexity index is 611. The van der Waals surface area contributed by atoms with Gasteiger partial charge in [0.15, 0.2) is 0 Å². The molecule has 0 saturated carbocycles. The maximum Gasteiger partial charge on any atom is 0.348 e. The first kappa shape index (κ1) is 14.2. The maximum atomic E-state index is 12.1. The van der Waals surface area contributed by atoms with Crippen molar-refractivity contribution in [2.45, 2.75) is 39.2 Å². The number of amides is 1. The third kappa shape index (κ3) is 2.71. The summed E-state index contributed by atoms with van der Waals surface area (Å²) in [6, 6.07) is -0.166. The molecule has 1 fully saturated rings. The molecular weight excluding hydrogens is 262 g/mol. The summed E-state index contributed by atoms with van der Waals surface area (Å²) in [5.41, 5.74) is 1.24. The molecule has 7 nitrogen and oxygen atoms in total. The van der Waals surface area contributed by atoms with Crippen LogP contribution in [0, 0.1) is 13.8 Å². The van der Waals surface area contributed by atoms with Gasteiger partial charge in [-0.2, -0.15) is 4.98 Å². The molecule has 1 saturated heterocycles. The third-order valence-electron chi connectivity index (χ3n) is 3.64. The van der Waals surface area contributed by atoms with Gasteiger partial charge in [0.1, 0.15) is 0 Å². The average Bonchev–Trinajstić information content (AvgIpc) is 2.36. The second kappa shape index (κ2) is 5.44. The van der Waals surface area contributed by atoms with Gasteiger partial charge in [0.25, 0.3) is 0 Å². The first-order valence-electron chi connectivity index (χ1n) is 6.47. The number of aromatic nitrogens is 2. The van der Waals surface area contributed by atoms with Crippen molar-refractivity contribution in [1.82, 2.24) is 14.9 Å². The molecule has 0 bridgehead atoms. The maximum absolute atomic E-state index is 12.1. The molecule has 20 heavy (non-hydrogen) atoms. The van der Waals surface area contributed by atoms with Crippen LogP contribution in [0.1, 0.15) is 35.8 Å². The van der Waals surface area contributed by atoms with Crippen LogP contribution in [0.15, 0.2) is 4.79 Å².